The number of aromatic nitrogens is 2. The van der Waals surface area contributed by atoms with Gasteiger partial charge in [0.05, 0.1) is 32.6 Å². The minimum absolute atomic E-state index is 0.0848. The largest absolute Gasteiger partial charge is 0.497 e. The lowest BCUT2D eigenvalue weighted by Crippen LogP contribution is -2.29. The molecule has 0 saturated heterocycles. The molecule has 0 radical (unpaired) electrons. The van der Waals surface area contributed by atoms with Crippen molar-refractivity contribution in [3.63, 3.8) is 0 Å². The quantitative estimate of drug-likeness (QED) is 0.606. The summed E-state index contributed by atoms with van der Waals surface area (Å²) in [6.07, 6.45) is 0.00867. The summed E-state index contributed by atoms with van der Waals surface area (Å²) in [5.74, 6) is 1.82. The fraction of sp³-hybridized carbons (Fsp3) is 0.304. The van der Waals surface area contributed by atoms with Crippen molar-refractivity contribution in [3.8, 4) is 28.5 Å². The topological polar surface area (TPSA) is 94.8 Å². The first-order valence-electron chi connectivity index (χ1n) is 9.98. The predicted octanol–water partition coefficient (Wildman–Crippen LogP) is 2.50. The Kier molecular flexibility index (Phi) is 5.81. The van der Waals surface area contributed by atoms with Crippen LogP contribution in [-0.4, -0.2) is 48.2 Å². The Labute approximate surface area is 180 Å². The van der Waals surface area contributed by atoms with Crippen LogP contribution in [0.15, 0.2) is 42.5 Å². The van der Waals surface area contributed by atoms with Gasteiger partial charge in [-0.2, -0.15) is 5.10 Å². The van der Waals surface area contributed by atoms with Crippen LogP contribution in [0.5, 0.6) is 17.2 Å². The molecule has 8 heteroatoms. The number of aliphatic hydroxyl groups is 1. The van der Waals surface area contributed by atoms with Crippen LogP contribution in [-0.2, 0) is 13.5 Å². The number of ether oxygens (including phenoxy) is 3. The smallest absolute Gasteiger partial charge is 0.269 e. The van der Waals surface area contributed by atoms with Crippen LogP contribution in [0.3, 0.4) is 0 Å². The maximum atomic E-state index is 12.8. The van der Waals surface area contributed by atoms with Gasteiger partial charge in [0.15, 0.2) is 0 Å². The number of aryl methyl sites for hydroxylation is 1. The third-order valence-corrected chi connectivity index (χ3v) is 5.35. The molecule has 0 aliphatic carbocycles. The number of carbonyl (C=O) groups is 1. The summed E-state index contributed by atoms with van der Waals surface area (Å²) in [4.78, 5) is 12.8. The maximum Gasteiger partial charge on any atom is 0.269 e. The third-order valence-electron chi connectivity index (χ3n) is 5.35. The van der Waals surface area contributed by atoms with E-state index in [1.165, 1.54) is 4.68 Å². The van der Waals surface area contributed by atoms with Crippen LogP contribution in [0.4, 0.5) is 0 Å². The molecule has 1 atom stereocenters. The van der Waals surface area contributed by atoms with Crippen LogP contribution in [0.25, 0.3) is 11.3 Å². The number of hydrogen-bond donors (Lipinski definition) is 2. The number of amides is 1. The predicted molar refractivity (Wildman–Crippen MR) is 115 cm³/mol. The van der Waals surface area contributed by atoms with Gasteiger partial charge in [0.2, 0.25) is 0 Å². The summed E-state index contributed by atoms with van der Waals surface area (Å²) in [5.41, 5.74) is 3.50. The van der Waals surface area contributed by atoms with Gasteiger partial charge in [0, 0.05) is 25.6 Å². The minimum Gasteiger partial charge on any atom is -0.497 e. The van der Waals surface area contributed by atoms with Gasteiger partial charge in [0.25, 0.3) is 5.91 Å². The summed E-state index contributed by atoms with van der Waals surface area (Å²) < 4.78 is 17.7. The van der Waals surface area contributed by atoms with Gasteiger partial charge in [-0.25, -0.2) is 0 Å². The Morgan fingerprint density at radius 1 is 1.23 bits per heavy atom. The van der Waals surface area contributed by atoms with E-state index in [1.54, 1.807) is 39.5 Å². The van der Waals surface area contributed by atoms with Crippen LogP contribution >= 0.6 is 0 Å². The van der Waals surface area contributed by atoms with Gasteiger partial charge in [-0.1, -0.05) is 6.07 Å². The number of aliphatic hydroxyl groups excluding tert-OH is 1. The average molecular weight is 423 g/mol. The molecule has 2 N–H and O–H groups in total. The molecule has 2 heterocycles. The van der Waals surface area contributed by atoms with Crippen molar-refractivity contribution in [2.24, 2.45) is 7.05 Å². The number of carbonyl (C=O) groups excluding carboxylic acids is 1. The van der Waals surface area contributed by atoms with Gasteiger partial charge in [-0.15, -0.1) is 0 Å². The molecule has 8 nitrogen and oxygen atoms in total. The molecule has 1 aliphatic rings. The van der Waals surface area contributed by atoms with E-state index in [2.05, 4.69) is 10.4 Å². The molecule has 0 saturated carbocycles. The molecule has 2 aromatic carbocycles. The number of rotatable bonds is 7. The minimum atomic E-state index is -0.818. The van der Waals surface area contributed by atoms with E-state index in [-0.39, 0.29) is 12.5 Å². The molecule has 1 aromatic heterocycles. The number of hydrogen-bond acceptors (Lipinski definition) is 6. The van der Waals surface area contributed by atoms with Crippen molar-refractivity contribution in [1.82, 2.24) is 15.1 Å². The Bertz CT molecular complexity index is 1110. The number of nitrogens with zero attached hydrogens (tertiary/aromatic N) is 2. The summed E-state index contributed by atoms with van der Waals surface area (Å²) in [6, 6.07) is 12.7. The van der Waals surface area contributed by atoms with Crippen molar-refractivity contribution < 1.29 is 24.1 Å². The van der Waals surface area contributed by atoms with E-state index in [4.69, 9.17) is 14.2 Å². The zero-order valence-electron chi connectivity index (χ0n) is 17.7. The van der Waals surface area contributed by atoms with Crippen molar-refractivity contribution in [3.05, 3.63) is 59.3 Å². The van der Waals surface area contributed by atoms with Gasteiger partial charge >= 0.3 is 0 Å². The van der Waals surface area contributed by atoms with Crippen LogP contribution < -0.4 is 19.5 Å². The summed E-state index contributed by atoms with van der Waals surface area (Å²) in [5, 5.41) is 17.8. The lowest BCUT2D eigenvalue weighted by molar-refractivity contribution is 0.0907. The fourth-order valence-electron chi connectivity index (χ4n) is 3.64. The van der Waals surface area contributed by atoms with Crippen LogP contribution in [0.2, 0.25) is 0 Å². The van der Waals surface area contributed by atoms with E-state index >= 15 is 0 Å². The van der Waals surface area contributed by atoms with Gasteiger partial charge in [-0.3, -0.25) is 9.48 Å². The van der Waals surface area contributed by atoms with Crippen molar-refractivity contribution in [2.75, 3.05) is 27.4 Å². The Balaban J connectivity index is 1.48. The number of fused-ring (bicyclic) bond motifs is 1. The molecule has 162 valence electrons. The monoisotopic (exact) mass is 423 g/mol. The molecule has 1 amide bonds. The lowest BCUT2D eigenvalue weighted by atomic mass is 10.0. The maximum absolute atomic E-state index is 12.8. The second-order valence-corrected chi connectivity index (χ2v) is 7.30. The van der Waals surface area contributed by atoms with Crippen molar-refractivity contribution in [1.29, 1.82) is 0 Å². The lowest BCUT2D eigenvalue weighted by Gasteiger charge is -2.13. The second kappa shape index (κ2) is 8.69. The SMILES string of the molecule is COc1ccc(OC)c(-c2cc(C(=O)NCC(O)c3ccc4c(c3)CCO4)n(C)n2)c1. The van der Waals surface area contributed by atoms with Crippen LogP contribution in [0, 0.1) is 0 Å². The van der Waals surface area contributed by atoms with E-state index in [0.717, 1.165) is 28.9 Å². The molecule has 0 fully saturated rings. The molecular weight excluding hydrogens is 398 g/mol. The average Bonchev–Trinajstić information content (AvgIpc) is 3.42. The first-order chi connectivity index (χ1) is 15.0. The van der Waals surface area contributed by atoms with E-state index in [9.17, 15) is 9.90 Å². The van der Waals surface area contributed by atoms with Crippen molar-refractivity contribution in [2.45, 2.75) is 12.5 Å². The zero-order chi connectivity index (χ0) is 22.0. The highest BCUT2D eigenvalue weighted by atomic mass is 16.5. The van der Waals surface area contributed by atoms with Gasteiger partial charge < -0.3 is 24.6 Å². The molecule has 1 aliphatic heterocycles. The normalized spacial score (nSPS) is 13.3. The number of nitrogens with one attached hydrogen (secondary N) is 1. The molecule has 3 aromatic rings. The van der Waals surface area contributed by atoms with E-state index < -0.39 is 6.10 Å². The van der Waals surface area contributed by atoms with E-state index in [1.807, 2.05) is 24.3 Å². The molecule has 31 heavy (non-hydrogen) atoms. The number of methoxy groups -OCH3 is 2. The highest BCUT2D eigenvalue weighted by Gasteiger charge is 2.20. The number of benzene rings is 2. The molecule has 1 unspecified atom stereocenters. The standard InChI is InChI=1S/C23H25N3O5/c1-26-19(12-18(25-26)17-11-16(29-2)5-7-22(17)30-3)23(28)24-13-20(27)14-4-6-21-15(10-14)8-9-31-21/h4-7,10-12,20,27H,8-9,13H2,1-3H3,(H,24,28). The van der Waals surface area contributed by atoms with Crippen molar-refractivity contribution >= 4 is 5.91 Å². The van der Waals surface area contributed by atoms with Crippen LogP contribution in [0.1, 0.15) is 27.7 Å². The first-order valence-corrected chi connectivity index (χ1v) is 9.98. The zero-order valence-corrected chi connectivity index (χ0v) is 17.7. The second-order valence-electron chi connectivity index (χ2n) is 7.30. The molecule has 0 spiro atoms. The Hall–Kier alpha value is -3.52. The molecule has 0 bridgehead atoms. The van der Waals surface area contributed by atoms with E-state index in [0.29, 0.717) is 29.5 Å². The molecular formula is C23H25N3O5. The summed E-state index contributed by atoms with van der Waals surface area (Å²) in [7, 11) is 4.86. The van der Waals surface area contributed by atoms with Gasteiger partial charge in [0.1, 0.15) is 22.9 Å². The summed E-state index contributed by atoms with van der Waals surface area (Å²) >= 11 is 0. The third kappa shape index (κ3) is 4.20. The summed E-state index contributed by atoms with van der Waals surface area (Å²) in [6.45, 7) is 0.744. The Morgan fingerprint density at radius 3 is 2.84 bits per heavy atom. The highest BCUT2D eigenvalue weighted by Crippen LogP contribution is 2.33. The Morgan fingerprint density at radius 2 is 2.06 bits per heavy atom. The molecule has 4 rings (SSSR count). The first kappa shape index (κ1) is 20.7. The fourth-order valence-corrected chi connectivity index (χ4v) is 3.64. The van der Waals surface area contributed by atoms with Gasteiger partial charge in [-0.05, 0) is 47.5 Å². The highest BCUT2D eigenvalue weighted by molar-refractivity contribution is 5.94.